The molecule has 5 rings (SSSR count). The maximum Gasteiger partial charge on any atom is 0.258 e. The van der Waals surface area contributed by atoms with Gasteiger partial charge in [0.15, 0.2) is 0 Å². The van der Waals surface area contributed by atoms with E-state index in [0.29, 0.717) is 35.6 Å². The predicted molar refractivity (Wildman–Crippen MR) is 128 cm³/mol. The van der Waals surface area contributed by atoms with Gasteiger partial charge in [-0.25, -0.2) is 4.98 Å². The molecule has 2 aromatic carbocycles. The lowest BCUT2D eigenvalue weighted by Crippen LogP contribution is -2.63. The van der Waals surface area contributed by atoms with Crippen LogP contribution in [0, 0.1) is 12.3 Å². The Kier molecular flexibility index (Phi) is 5.17. The van der Waals surface area contributed by atoms with E-state index >= 15 is 0 Å². The summed E-state index contributed by atoms with van der Waals surface area (Å²) in [6.45, 7) is 1.84. The van der Waals surface area contributed by atoms with Crippen LogP contribution >= 0.6 is 0 Å². The normalized spacial score (nSPS) is 18.9. The Balaban J connectivity index is 1.47. The van der Waals surface area contributed by atoms with E-state index in [9.17, 15) is 14.4 Å². The van der Waals surface area contributed by atoms with E-state index in [2.05, 4.69) is 16.2 Å². The minimum absolute atomic E-state index is 0.0636. The first-order valence-corrected chi connectivity index (χ1v) is 11.0. The zero-order chi connectivity index (χ0) is 23.9. The highest BCUT2D eigenvalue weighted by atomic mass is 16.2. The van der Waals surface area contributed by atoms with Crippen LogP contribution in [-0.2, 0) is 16.1 Å². The van der Waals surface area contributed by atoms with Crippen LogP contribution in [0.25, 0.3) is 11.3 Å². The van der Waals surface area contributed by atoms with Gasteiger partial charge in [-0.15, -0.1) is 6.42 Å². The Hall–Kier alpha value is -4.38. The second-order valence-corrected chi connectivity index (χ2v) is 8.54. The zero-order valence-corrected chi connectivity index (χ0v) is 18.7. The summed E-state index contributed by atoms with van der Waals surface area (Å²) in [7, 11) is 0. The molecule has 1 saturated heterocycles. The number of terminal acetylenes is 1. The van der Waals surface area contributed by atoms with Crippen molar-refractivity contribution in [2.75, 3.05) is 16.8 Å². The summed E-state index contributed by atoms with van der Waals surface area (Å²) in [5.74, 6) is 2.29. The summed E-state index contributed by atoms with van der Waals surface area (Å²) in [6, 6.07) is 16.5. The van der Waals surface area contributed by atoms with E-state index in [0.717, 1.165) is 5.56 Å². The quantitative estimate of drug-likeness (QED) is 0.602. The smallest absolute Gasteiger partial charge is 0.258 e. The molecule has 170 valence electrons. The SMILES string of the molecule is C#CCn1cnc(-c2ccccc2)c1NC(=O)CN1C(=O)c2ccccc2N2C(=O)CC[C@]12C. The number of fused-ring (bicyclic) bond motifs is 3. The largest absolute Gasteiger partial charge is 0.309 e. The topological polar surface area (TPSA) is 87.5 Å². The molecule has 1 fully saturated rings. The summed E-state index contributed by atoms with van der Waals surface area (Å²) >= 11 is 0. The molecule has 0 saturated carbocycles. The minimum Gasteiger partial charge on any atom is -0.309 e. The third-order valence-corrected chi connectivity index (χ3v) is 6.45. The molecular weight excluding hydrogens is 430 g/mol. The number of para-hydroxylation sites is 1. The second-order valence-electron chi connectivity index (χ2n) is 8.54. The Morgan fingerprint density at radius 3 is 2.65 bits per heavy atom. The van der Waals surface area contributed by atoms with Crippen molar-refractivity contribution in [2.45, 2.75) is 32.0 Å². The fraction of sp³-hybridized carbons (Fsp3) is 0.231. The number of rotatable bonds is 5. The van der Waals surface area contributed by atoms with Gasteiger partial charge < -0.3 is 14.8 Å². The standard InChI is InChI=1S/C26H23N5O3/c1-3-15-29-17-27-23(18-9-5-4-6-10-18)24(29)28-21(32)16-30-25(34)19-11-7-8-12-20(19)31-22(33)13-14-26(30,31)2/h1,4-12,17H,13-16H2,2H3,(H,28,32)/t26-/m1/s1. The van der Waals surface area contributed by atoms with Gasteiger partial charge in [-0.05, 0) is 25.5 Å². The first-order chi connectivity index (χ1) is 16.4. The van der Waals surface area contributed by atoms with Gasteiger partial charge in [-0.2, -0.15) is 0 Å². The van der Waals surface area contributed by atoms with Gasteiger partial charge >= 0.3 is 0 Å². The summed E-state index contributed by atoms with van der Waals surface area (Å²) in [6.07, 6.45) is 7.85. The molecule has 8 nitrogen and oxygen atoms in total. The number of aromatic nitrogens is 2. The van der Waals surface area contributed by atoms with Crippen LogP contribution in [0.1, 0.15) is 30.1 Å². The van der Waals surface area contributed by atoms with E-state index in [-0.39, 0.29) is 24.9 Å². The summed E-state index contributed by atoms with van der Waals surface area (Å²) in [4.78, 5) is 47.0. The summed E-state index contributed by atoms with van der Waals surface area (Å²) in [5.41, 5.74) is 1.50. The van der Waals surface area contributed by atoms with Crippen LogP contribution < -0.4 is 10.2 Å². The number of imidazole rings is 1. The molecule has 1 N–H and O–H groups in total. The average Bonchev–Trinajstić information content (AvgIpc) is 3.38. The summed E-state index contributed by atoms with van der Waals surface area (Å²) < 4.78 is 1.68. The average molecular weight is 454 g/mol. The maximum absolute atomic E-state index is 13.4. The summed E-state index contributed by atoms with van der Waals surface area (Å²) in [5, 5.41) is 2.91. The number of carbonyl (C=O) groups excluding carboxylic acids is 3. The first kappa shape index (κ1) is 21.5. The van der Waals surface area contributed by atoms with Crippen LogP contribution in [0.5, 0.6) is 0 Å². The molecule has 1 atom stereocenters. The van der Waals surface area contributed by atoms with Crippen molar-refractivity contribution < 1.29 is 14.4 Å². The molecule has 0 radical (unpaired) electrons. The molecular formula is C26H23N5O3. The van der Waals surface area contributed by atoms with Gasteiger partial charge in [0, 0.05) is 12.0 Å². The third-order valence-electron chi connectivity index (χ3n) is 6.45. The fourth-order valence-corrected chi connectivity index (χ4v) is 4.80. The number of nitrogens with zero attached hydrogens (tertiary/aromatic N) is 4. The van der Waals surface area contributed by atoms with E-state index in [4.69, 9.17) is 6.42 Å². The maximum atomic E-state index is 13.4. The Bertz CT molecular complexity index is 1340. The van der Waals surface area contributed by atoms with Gasteiger partial charge in [-0.3, -0.25) is 19.3 Å². The fourth-order valence-electron chi connectivity index (χ4n) is 4.80. The van der Waals surface area contributed by atoms with Crippen molar-refractivity contribution in [1.29, 1.82) is 0 Å². The highest BCUT2D eigenvalue weighted by Gasteiger charge is 2.53. The minimum atomic E-state index is -0.915. The van der Waals surface area contributed by atoms with Crippen LogP contribution in [0.2, 0.25) is 0 Å². The van der Waals surface area contributed by atoms with Crippen molar-refractivity contribution in [1.82, 2.24) is 14.5 Å². The molecule has 8 heteroatoms. The van der Waals surface area contributed by atoms with Crippen LogP contribution in [0.15, 0.2) is 60.9 Å². The molecule has 0 unspecified atom stereocenters. The highest BCUT2D eigenvalue weighted by molar-refractivity contribution is 6.11. The van der Waals surface area contributed by atoms with Gasteiger partial charge in [0.05, 0.1) is 24.1 Å². The lowest BCUT2D eigenvalue weighted by atomic mass is 9.98. The molecule has 2 aliphatic rings. The van der Waals surface area contributed by atoms with Crippen molar-refractivity contribution in [3.63, 3.8) is 0 Å². The van der Waals surface area contributed by atoms with E-state index in [1.165, 1.54) is 4.90 Å². The number of anilines is 2. The highest BCUT2D eigenvalue weighted by Crippen LogP contribution is 2.43. The number of carbonyl (C=O) groups is 3. The third kappa shape index (κ3) is 3.33. The molecule has 34 heavy (non-hydrogen) atoms. The second kappa shape index (κ2) is 8.19. The number of hydrogen-bond donors (Lipinski definition) is 1. The predicted octanol–water partition coefficient (Wildman–Crippen LogP) is 3.12. The molecule has 0 aliphatic carbocycles. The van der Waals surface area contributed by atoms with Crippen molar-refractivity contribution in [2.24, 2.45) is 0 Å². The van der Waals surface area contributed by atoms with Crippen LogP contribution in [-0.4, -0.2) is 44.4 Å². The van der Waals surface area contributed by atoms with Crippen molar-refractivity contribution in [3.8, 4) is 23.6 Å². The lowest BCUT2D eigenvalue weighted by Gasteiger charge is -2.48. The van der Waals surface area contributed by atoms with Gasteiger partial charge in [-0.1, -0.05) is 48.4 Å². The molecule has 2 aliphatic heterocycles. The van der Waals surface area contributed by atoms with E-state index < -0.39 is 11.6 Å². The van der Waals surface area contributed by atoms with E-state index in [1.807, 2.05) is 37.3 Å². The number of amides is 3. The molecule has 3 heterocycles. The van der Waals surface area contributed by atoms with Crippen LogP contribution in [0.3, 0.4) is 0 Å². The van der Waals surface area contributed by atoms with Gasteiger partial charge in [0.2, 0.25) is 11.8 Å². The first-order valence-electron chi connectivity index (χ1n) is 11.0. The van der Waals surface area contributed by atoms with Crippen molar-refractivity contribution >= 4 is 29.2 Å². The van der Waals surface area contributed by atoms with E-state index in [1.54, 1.807) is 40.1 Å². The molecule has 1 aromatic heterocycles. The van der Waals surface area contributed by atoms with Crippen LogP contribution in [0.4, 0.5) is 11.5 Å². The molecule has 3 aromatic rings. The Morgan fingerprint density at radius 1 is 1.15 bits per heavy atom. The molecule has 3 amide bonds. The lowest BCUT2D eigenvalue weighted by molar-refractivity contribution is -0.120. The zero-order valence-electron chi connectivity index (χ0n) is 18.7. The number of benzene rings is 2. The molecule has 0 bridgehead atoms. The Morgan fingerprint density at radius 2 is 1.88 bits per heavy atom. The number of hydrogen-bond acceptors (Lipinski definition) is 4. The molecule has 0 spiro atoms. The number of nitrogens with one attached hydrogen (secondary N) is 1. The monoisotopic (exact) mass is 453 g/mol. The Labute approximate surface area is 197 Å². The van der Waals surface area contributed by atoms with Gasteiger partial charge in [0.1, 0.15) is 23.7 Å². The van der Waals surface area contributed by atoms with Gasteiger partial charge in [0.25, 0.3) is 5.91 Å². The van der Waals surface area contributed by atoms with Crippen molar-refractivity contribution in [3.05, 3.63) is 66.5 Å².